The van der Waals surface area contributed by atoms with E-state index in [1.165, 1.54) is 11.1 Å². The van der Waals surface area contributed by atoms with Crippen molar-refractivity contribution in [3.05, 3.63) is 125 Å². The highest BCUT2D eigenvalue weighted by Gasteiger charge is 2.51. The summed E-state index contributed by atoms with van der Waals surface area (Å²) in [6.45, 7) is 0.314. The number of rotatable bonds is 5. The number of ketones is 1. The molecule has 180 valence electrons. The Bertz CT molecular complexity index is 1740. The van der Waals surface area contributed by atoms with Gasteiger partial charge in [-0.2, -0.15) is 0 Å². The Morgan fingerprint density at radius 1 is 0.784 bits per heavy atom. The number of para-hydroxylation sites is 1. The highest BCUT2D eigenvalue weighted by Crippen LogP contribution is 2.44. The number of aliphatic hydroxyl groups is 1. The number of nitrogens with zero attached hydrogens (tertiary/aromatic N) is 1. The van der Waals surface area contributed by atoms with E-state index in [9.17, 15) is 14.7 Å². The molecule has 1 aliphatic heterocycles. The minimum Gasteiger partial charge on any atom is -0.375 e. The smallest absolute Gasteiger partial charge is 0.264 e. The van der Waals surface area contributed by atoms with Gasteiger partial charge in [0, 0.05) is 11.1 Å². The fraction of sp³-hybridized carbons (Fsp3) is 0.152. The Morgan fingerprint density at radius 2 is 1.49 bits per heavy atom. The van der Waals surface area contributed by atoms with Crippen molar-refractivity contribution in [2.24, 2.45) is 0 Å². The van der Waals surface area contributed by atoms with Crippen molar-refractivity contribution in [3.8, 4) is 0 Å². The lowest BCUT2D eigenvalue weighted by Gasteiger charge is -2.23. The summed E-state index contributed by atoms with van der Waals surface area (Å²) in [4.78, 5) is 29.2. The highest BCUT2D eigenvalue weighted by atomic mass is 16.3. The summed E-state index contributed by atoms with van der Waals surface area (Å²) in [5.41, 5.74) is 3.28. The van der Waals surface area contributed by atoms with Crippen molar-refractivity contribution in [2.75, 3.05) is 4.90 Å². The van der Waals surface area contributed by atoms with Gasteiger partial charge in [0.25, 0.3) is 5.91 Å². The molecular formula is C33H25NO3. The molecule has 0 spiro atoms. The third-order valence-electron chi connectivity index (χ3n) is 8.04. The Morgan fingerprint density at radius 3 is 2.38 bits per heavy atom. The quantitative estimate of drug-likeness (QED) is 0.307. The van der Waals surface area contributed by atoms with Gasteiger partial charge in [-0.25, -0.2) is 0 Å². The van der Waals surface area contributed by atoms with Crippen LogP contribution in [-0.2, 0) is 29.8 Å². The predicted octanol–water partition coefficient (Wildman–Crippen LogP) is 6.10. The first-order valence-electron chi connectivity index (χ1n) is 12.7. The number of fused-ring (bicyclic) bond motifs is 2. The van der Waals surface area contributed by atoms with Crippen LogP contribution >= 0.6 is 0 Å². The van der Waals surface area contributed by atoms with Gasteiger partial charge in [-0.3, -0.25) is 9.59 Å². The van der Waals surface area contributed by atoms with Gasteiger partial charge in [0.2, 0.25) is 0 Å². The van der Waals surface area contributed by atoms with Crippen LogP contribution in [0.1, 0.15) is 39.0 Å². The van der Waals surface area contributed by atoms with Crippen LogP contribution in [0, 0.1) is 0 Å². The second kappa shape index (κ2) is 8.12. The van der Waals surface area contributed by atoms with Crippen LogP contribution in [0.3, 0.4) is 0 Å². The fourth-order valence-electron chi connectivity index (χ4n) is 6.25. The number of anilines is 1. The number of carbonyl (C=O) groups is 2. The van der Waals surface area contributed by atoms with Gasteiger partial charge >= 0.3 is 0 Å². The minimum atomic E-state index is -1.92. The Kier molecular flexibility index (Phi) is 4.82. The number of amides is 1. The van der Waals surface area contributed by atoms with E-state index in [-0.39, 0.29) is 12.2 Å². The van der Waals surface area contributed by atoms with Crippen LogP contribution in [-0.4, -0.2) is 16.8 Å². The van der Waals surface area contributed by atoms with Crippen LogP contribution in [0.25, 0.3) is 21.5 Å². The maximum Gasteiger partial charge on any atom is 0.264 e. The number of hydrogen-bond acceptors (Lipinski definition) is 3. The van der Waals surface area contributed by atoms with Gasteiger partial charge in [-0.15, -0.1) is 0 Å². The van der Waals surface area contributed by atoms with Crippen molar-refractivity contribution in [3.63, 3.8) is 0 Å². The SMILES string of the molecule is O=C(C[C@]1(O)C(=O)N(Cc2cccc3ccccc23)c2ccccc21)c1ccc2c3c(cccc13)CC2. The van der Waals surface area contributed by atoms with Gasteiger partial charge in [0.15, 0.2) is 11.4 Å². The van der Waals surface area contributed by atoms with Crippen LogP contribution in [0.4, 0.5) is 5.69 Å². The Balaban J connectivity index is 1.27. The lowest BCUT2D eigenvalue weighted by Crippen LogP contribution is -2.41. The normalized spacial score (nSPS) is 18.1. The molecule has 0 radical (unpaired) electrons. The molecule has 4 nitrogen and oxygen atoms in total. The molecule has 1 heterocycles. The minimum absolute atomic E-state index is 0.228. The summed E-state index contributed by atoms with van der Waals surface area (Å²) in [6, 6.07) is 31.3. The molecule has 0 saturated heterocycles. The zero-order valence-corrected chi connectivity index (χ0v) is 20.3. The van der Waals surface area contributed by atoms with Crippen molar-refractivity contribution in [2.45, 2.75) is 31.4 Å². The zero-order chi connectivity index (χ0) is 25.1. The molecule has 1 atom stereocenters. The van der Waals surface area contributed by atoms with E-state index in [0.717, 1.165) is 39.9 Å². The molecule has 0 aromatic heterocycles. The van der Waals surface area contributed by atoms with Crippen LogP contribution in [0.15, 0.2) is 97.1 Å². The molecule has 1 amide bonds. The summed E-state index contributed by atoms with van der Waals surface area (Å²) in [5, 5.41) is 16.1. The number of carbonyl (C=O) groups excluding carboxylic acids is 2. The average Bonchev–Trinajstić information content (AvgIpc) is 3.44. The topological polar surface area (TPSA) is 57.6 Å². The standard InChI is InChI=1S/C33H25NO3/c35-30(26-18-17-23-16-15-22-9-6-12-27(26)31(22)23)19-33(37)28-13-3-4-14-29(28)34(32(33)36)20-24-10-5-8-21-7-1-2-11-25(21)24/h1-14,17-18,37H,15-16,19-20H2/t33-/m1/s1. The van der Waals surface area contributed by atoms with E-state index >= 15 is 0 Å². The van der Waals surface area contributed by atoms with E-state index in [1.807, 2.05) is 84.9 Å². The lowest BCUT2D eigenvalue weighted by molar-refractivity contribution is -0.136. The number of aryl methyl sites for hydroxylation is 2. The van der Waals surface area contributed by atoms with Crippen LogP contribution < -0.4 is 4.90 Å². The maximum absolute atomic E-state index is 13.9. The zero-order valence-electron chi connectivity index (χ0n) is 20.3. The summed E-state index contributed by atoms with van der Waals surface area (Å²) >= 11 is 0. The Labute approximate surface area is 214 Å². The molecule has 0 fully saturated rings. The molecular weight excluding hydrogens is 458 g/mol. The third-order valence-corrected chi connectivity index (χ3v) is 8.04. The van der Waals surface area contributed by atoms with E-state index < -0.39 is 11.5 Å². The monoisotopic (exact) mass is 483 g/mol. The van der Waals surface area contributed by atoms with E-state index in [0.29, 0.717) is 23.4 Å². The fourth-order valence-corrected chi connectivity index (χ4v) is 6.25. The van der Waals surface area contributed by atoms with Crippen LogP contribution in [0.5, 0.6) is 0 Å². The molecule has 1 N–H and O–H groups in total. The van der Waals surface area contributed by atoms with Gasteiger partial charge in [0.1, 0.15) is 0 Å². The number of benzene rings is 5. The second-order valence-electron chi connectivity index (χ2n) is 10.1. The van der Waals surface area contributed by atoms with Crippen molar-refractivity contribution >= 4 is 38.9 Å². The summed E-state index contributed by atoms with van der Waals surface area (Å²) < 4.78 is 0. The molecule has 0 unspecified atom stereocenters. The first kappa shape index (κ1) is 22.0. The molecule has 5 aromatic carbocycles. The summed E-state index contributed by atoms with van der Waals surface area (Å²) in [5.74, 6) is -0.686. The predicted molar refractivity (Wildman–Crippen MR) is 146 cm³/mol. The number of Topliss-reactive ketones (excluding diaryl/α,β-unsaturated/α-hetero) is 1. The van der Waals surface area contributed by atoms with Crippen LogP contribution in [0.2, 0.25) is 0 Å². The molecule has 0 saturated carbocycles. The molecule has 0 bridgehead atoms. The average molecular weight is 484 g/mol. The lowest BCUT2D eigenvalue weighted by atomic mass is 9.86. The van der Waals surface area contributed by atoms with Crippen molar-refractivity contribution in [1.29, 1.82) is 0 Å². The number of hydrogen-bond donors (Lipinski definition) is 1. The van der Waals surface area contributed by atoms with E-state index in [2.05, 4.69) is 6.07 Å². The first-order valence-corrected chi connectivity index (χ1v) is 12.7. The van der Waals surface area contributed by atoms with Gasteiger partial charge in [-0.05, 0) is 57.1 Å². The molecule has 5 aromatic rings. The molecule has 2 aliphatic rings. The second-order valence-corrected chi connectivity index (χ2v) is 10.1. The van der Waals surface area contributed by atoms with E-state index in [1.54, 1.807) is 11.0 Å². The largest absolute Gasteiger partial charge is 0.375 e. The molecule has 4 heteroatoms. The summed E-state index contributed by atoms with van der Waals surface area (Å²) in [6.07, 6.45) is 1.65. The molecule has 37 heavy (non-hydrogen) atoms. The molecule has 7 rings (SSSR count). The van der Waals surface area contributed by atoms with Gasteiger partial charge in [-0.1, -0.05) is 91.0 Å². The van der Waals surface area contributed by atoms with E-state index in [4.69, 9.17) is 0 Å². The molecule has 1 aliphatic carbocycles. The maximum atomic E-state index is 13.9. The van der Waals surface area contributed by atoms with Gasteiger partial charge in [0.05, 0.1) is 18.7 Å². The Hall–Kier alpha value is -4.28. The first-order chi connectivity index (χ1) is 18.0. The highest BCUT2D eigenvalue weighted by molar-refractivity contribution is 6.14. The van der Waals surface area contributed by atoms with Crippen molar-refractivity contribution < 1.29 is 14.7 Å². The van der Waals surface area contributed by atoms with Crippen molar-refractivity contribution in [1.82, 2.24) is 0 Å². The van der Waals surface area contributed by atoms with Gasteiger partial charge < -0.3 is 10.0 Å². The summed E-state index contributed by atoms with van der Waals surface area (Å²) in [7, 11) is 0. The third kappa shape index (κ3) is 3.26.